The number of carbonyl (C=O) groups is 1. The highest BCUT2D eigenvalue weighted by atomic mass is 79.9. The summed E-state index contributed by atoms with van der Waals surface area (Å²) in [4.78, 5) is 13.1. The Morgan fingerprint density at radius 2 is 2.16 bits per heavy atom. The molecule has 1 amide bonds. The van der Waals surface area contributed by atoms with Gasteiger partial charge in [-0.15, -0.1) is 6.58 Å². The normalized spacial score (nSPS) is 12.8. The van der Waals surface area contributed by atoms with Crippen molar-refractivity contribution in [1.82, 2.24) is 4.90 Å². The molecule has 0 saturated carbocycles. The molecular weight excluding hydrogens is 306 g/mol. The van der Waals surface area contributed by atoms with E-state index >= 15 is 0 Å². The molecule has 1 unspecified atom stereocenters. The maximum atomic E-state index is 11.6. The van der Waals surface area contributed by atoms with Gasteiger partial charge in [0.05, 0.1) is 6.04 Å². The molecule has 0 bridgehead atoms. The van der Waals surface area contributed by atoms with Crippen LogP contribution in [-0.4, -0.2) is 21.6 Å². The lowest BCUT2D eigenvalue weighted by Crippen LogP contribution is -2.47. The SMILES string of the molecule is C=CCC(c1cccc(Br)c1)N(C(=O)O)C(C)(C)C. The Morgan fingerprint density at radius 3 is 2.58 bits per heavy atom. The van der Waals surface area contributed by atoms with E-state index in [1.807, 2.05) is 45.0 Å². The van der Waals surface area contributed by atoms with Gasteiger partial charge in [0, 0.05) is 10.0 Å². The number of nitrogens with zero attached hydrogens (tertiary/aromatic N) is 1. The number of amides is 1. The first-order chi connectivity index (χ1) is 8.77. The Bertz CT molecular complexity index is 465. The minimum absolute atomic E-state index is 0.229. The average Bonchev–Trinajstić information content (AvgIpc) is 2.26. The Labute approximate surface area is 123 Å². The van der Waals surface area contributed by atoms with Crippen molar-refractivity contribution in [2.45, 2.75) is 38.8 Å². The fourth-order valence-electron chi connectivity index (χ4n) is 2.15. The van der Waals surface area contributed by atoms with Crippen LogP contribution in [0.4, 0.5) is 4.79 Å². The third kappa shape index (κ3) is 4.10. The van der Waals surface area contributed by atoms with Crippen molar-refractivity contribution in [1.29, 1.82) is 0 Å². The first-order valence-corrected chi connectivity index (χ1v) is 6.95. The Morgan fingerprint density at radius 1 is 1.53 bits per heavy atom. The van der Waals surface area contributed by atoms with E-state index in [2.05, 4.69) is 22.5 Å². The smallest absolute Gasteiger partial charge is 0.408 e. The zero-order valence-corrected chi connectivity index (χ0v) is 13.1. The lowest BCUT2D eigenvalue weighted by atomic mass is 9.96. The monoisotopic (exact) mass is 325 g/mol. The van der Waals surface area contributed by atoms with Crippen LogP contribution in [0.25, 0.3) is 0 Å². The molecule has 0 aromatic heterocycles. The van der Waals surface area contributed by atoms with Crippen LogP contribution in [0, 0.1) is 0 Å². The Balaban J connectivity index is 3.25. The molecule has 0 saturated heterocycles. The van der Waals surface area contributed by atoms with E-state index in [1.54, 1.807) is 6.08 Å². The molecule has 104 valence electrons. The second-order valence-corrected chi connectivity index (χ2v) is 6.33. The van der Waals surface area contributed by atoms with Crippen molar-refractivity contribution in [2.75, 3.05) is 0 Å². The van der Waals surface area contributed by atoms with E-state index in [-0.39, 0.29) is 6.04 Å². The first-order valence-electron chi connectivity index (χ1n) is 6.16. The van der Waals surface area contributed by atoms with Crippen molar-refractivity contribution < 1.29 is 9.90 Å². The molecular formula is C15H20BrNO2. The number of rotatable bonds is 4. The summed E-state index contributed by atoms with van der Waals surface area (Å²) in [5.41, 5.74) is 0.494. The summed E-state index contributed by atoms with van der Waals surface area (Å²) in [6.07, 6.45) is 1.42. The van der Waals surface area contributed by atoms with Gasteiger partial charge in [0.15, 0.2) is 0 Å². The quantitative estimate of drug-likeness (QED) is 0.804. The highest BCUT2D eigenvalue weighted by Crippen LogP contribution is 2.32. The zero-order valence-electron chi connectivity index (χ0n) is 11.6. The fraction of sp³-hybridized carbons (Fsp3) is 0.400. The van der Waals surface area contributed by atoms with Crippen LogP contribution in [0.1, 0.15) is 38.8 Å². The topological polar surface area (TPSA) is 40.5 Å². The number of benzene rings is 1. The van der Waals surface area contributed by atoms with Gasteiger partial charge in [-0.25, -0.2) is 4.79 Å². The fourth-order valence-corrected chi connectivity index (χ4v) is 2.57. The summed E-state index contributed by atoms with van der Waals surface area (Å²) in [6, 6.07) is 7.51. The largest absolute Gasteiger partial charge is 0.465 e. The number of hydrogen-bond donors (Lipinski definition) is 1. The van der Waals surface area contributed by atoms with Gasteiger partial charge >= 0.3 is 6.09 Å². The predicted octanol–water partition coefficient (Wildman–Crippen LogP) is 4.84. The first kappa shape index (κ1) is 15.8. The van der Waals surface area contributed by atoms with Crippen LogP contribution in [0.15, 0.2) is 41.4 Å². The van der Waals surface area contributed by atoms with Crippen LogP contribution in [0.5, 0.6) is 0 Å². The van der Waals surface area contributed by atoms with Gasteiger partial charge in [0.25, 0.3) is 0 Å². The molecule has 1 N–H and O–H groups in total. The summed E-state index contributed by atoms with van der Waals surface area (Å²) < 4.78 is 0.943. The van der Waals surface area contributed by atoms with Gasteiger partial charge < -0.3 is 5.11 Å². The van der Waals surface area contributed by atoms with Crippen molar-refractivity contribution in [3.8, 4) is 0 Å². The molecule has 0 fully saturated rings. The van der Waals surface area contributed by atoms with Crippen LogP contribution in [-0.2, 0) is 0 Å². The van der Waals surface area contributed by atoms with Gasteiger partial charge in [-0.2, -0.15) is 0 Å². The molecule has 0 aliphatic carbocycles. The highest BCUT2D eigenvalue weighted by Gasteiger charge is 2.33. The van der Waals surface area contributed by atoms with Crippen LogP contribution in [0.2, 0.25) is 0 Å². The molecule has 0 heterocycles. The molecule has 0 radical (unpaired) electrons. The molecule has 1 atom stereocenters. The maximum Gasteiger partial charge on any atom is 0.408 e. The van der Waals surface area contributed by atoms with E-state index in [9.17, 15) is 9.90 Å². The molecule has 0 aliphatic rings. The summed E-state index contributed by atoms with van der Waals surface area (Å²) in [6.45, 7) is 9.43. The van der Waals surface area contributed by atoms with E-state index in [0.29, 0.717) is 6.42 Å². The van der Waals surface area contributed by atoms with E-state index in [0.717, 1.165) is 10.0 Å². The van der Waals surface area contributed by atoms with Crippen molar-refractivity contribution in [2.24, 2.45) is 0 Å². The Hall–Kier alpha value is -1.29. The molecule has 1 aromatic carbocycles. The number of hydrogen-bond acceptors (Lipinski definition) is 1. The van der Waals surface area contributed by atoms with Gasteiger partial charge in [-0.1, -0.05) is 34.1 Å². The lowest BCUT2D eigenvalue weighted by Gasteiger charge is -2.39. The van der Waals surface area contributed by atoms with Gasteiger partial charge in [-0.05, 0) is 44.9 Å². The summed E-state index contributed by atoms with van der Waals surface area (Å²) >= 11 is 3.43. The molecule has 3 nitrogen and oxygen atoms in total. The summed E-state index contributed by atoms with van der Waals surface area (Å²) in [5, 5.41) is 9.52. The third-order valence-corrected chi connectivity index (χ3v) is 3.36. The van der Waals surface area contributed by atoms with Gasteiger partial charge in [-0.3, -0.25) is 4.90 Å². The summed E-state index contributed by atoms with van der Waals surface area (Å²) in [7, 11) is 0. The molecule has 0 aliphatic heterocycles. The second-order valence-electron chi connectivity index (χ2n) is 5.42. The van der Waals surface area contributed by atoms with Crippen LogP contribution >= 0.6 is 15.9 Å². The minimum Gasteiger partial charge on any atom is -0.465 e. The van der Waals surface area contributed by atoms with Crippen LogP contribution in [0.3, 0.4) is 0 Å². The standard InChI is InChI=1S/C15H20BrNO2/c1-5-7-13(11-8-6-9-12(16)10-11)17(14(18)19)15(2,3)4/h5-6,8-10,13H,1,7H2,2-4H3,(H,18,19). The minimum atomic E-state index is -0.917. The van der Waals surface area contributed by atoms with Crippen molar-refractivity contribution in [3.05, 3.63) is 47.0 Å². The number of halogens is 1. The number of carboxylic acid groups (broad SMARTS) is 1. The third-order valence-electron chi connectivity index (χ3n) is 2.86. The summed E-state index contributed by atoms with van der Waals surface area (Å²) in [5.74, 6) is 0. The van der Waals surface area contributed by atoms with E-state index < -0.39 is 11.6 Å². The van der Waals surface area contributed by atoms with Crippen molar-refractivity contribution in [3.63, 3.8) is 0 Å². The van der Waals surface area contributed by atoms with E-state index in [1.165, 1.54) is 4.90 Å². The van der Waals surface area contributed by atoms with Gasteiger partial charge in [0.2, 0.25) is 0 Å². The highest BCUT2D eigenvalue weighted by molar-refractivity contribution is 9.10. The molecule has 0 spiro atoms. The van der Waals surface area contributed by atoms with Gasteiger partial charge in [0.1, 0.15) is 0 Å². The molecule has 19 heavy (non-hydrogen) atoms. The van der Waals surface area contributed by atoms with E-state index in [4.69, 9.17) is 0 Å². The predicted molar refractivity (Wildman–Crippen MR) is 81.3 cm³/mol. The lowest BCUT2D eigenvalue weighted by molar-refractivity contribution is 0.0704. The van der Waals surface area contributed by atoms with Crippen molar-refractivity contribution >= 4 is 22.0 Å². The second kappa shape index (κ2) is 6.24. The average molecular weight is 326 g/mol. The molecule has 4 heteroatoms. The Kier molecular flexibility index (Phi) is 5.18. The maximum absolute atomic E-state index is 11.6. The van der Waals surface area contributed by atoms with Crippen LogP contribution < -0.4 is 0 Å². The zero-order chi connectivity index (χ0) is 14.6. The molecule has 1 aromatic rings. The molecule has 1 rings (SSSR count).